The Kier molecular flexibility index (Phi) is 10.5. The number of aryl methyl sites for hydroxylation is 1. The average Bonchev–Trinajstić information content (AvgIpc) is 2.92. The molecule has 0 spiro atoms. The summed E-state index contributed by atoms with van der Waals surface area (Å²) in [4.78, 5) is 28.8. The maximum Gasteiger partial charge on any atom is 0.264 e. The van der Waals surface area contributed by atoms with Crippen LogP contribution in [-0.2, 0) is 26.2 Å². The minimum absolute atomic E-state index is 0.0954. The lowest BCUT2D eigenvalue weighted by atomic mass is 10.0. The van der Waals surface area contributed by atoms with Crippen LogP contribution >= 0.6 is 0 Å². The van der Waals surface area contributed by atoms with Gasteiger partial charge in [-0.25, -0.2) is 8.42 Å². The van der Waals surface area contributed by atoms with Gasteiger partial charge in [0.05, 0.1) is 10.6 Å². The van der Waals surface area contributed by atoms with E-state index in [9.17, 15) is 18.0 Å². The van der Waals surface area contributed by atoms with Gasteiger partial charge in [-0.3, -0.25) is 13.9 Å². The van der Waals surface area contributed by atoms with E-state index in [1.807, 2.05) is 70.2 Å². The van der Waals surface area contributed by atoms with Crippen molar-refractivity contribution < 1.29 is 18.0 Å². The summed E-state index contributed by atoms with van der Waals surface area (Å²) in [5.41, 5.74) is 3.22. The highest BCUT2D eigenvalue weighted by Gasteiger charge is 2.33. The Labute approximate surface area is 239 Å². The van der Waals surface area contributed by atoms with Gasteiger partial charge in [-0.05, 0) is 68.5 Å². The fraction of sp³-hybridized carbons (Fsp3) is 0.375. The first kappa shape index (κ1) is 30.9. The fourth-order valence-corrected chi connectivity index (χ4v) is 5.89. The number of nitrogens with zero attached hydrogens (tertiary/aromatic N) is 2. The summed E-state index contributed by atoms with van der Waals surface area (Å²) in [6, 6.07) is 22.4. The van der Waals surface area contributed by atoms with Crippen molar-refractivity contribution >= 4 is 27.5 Å². The SMILES string of the molecule is CCC(C(=O)NC(C)C)N(Cc1ccccc1)C(=O)CN(c1ccc(C(C)C)cc1)S(=O)(=O)c1ccc(C)cc1. The zero-order valence-corrected chi connectivity index (χ0v) is 25.1. The van der Waals surface area contributed by atoms with Crippen molar-refractivity contribution in [3.63, 3.8) is 0 Å². The molecule has 0 radical (unpaired) electrons. The van der Waals surface area contributed by atoms with Crippen molar-refractivity contribution in [3.8, 4) is 0 Å². The summed E-state index contributed by atoms with van der Waals surface area (Å²) in [5, 5.41) is 2.91. The Morgan fingerprint density at radius 1 is 0.850 bits per heavy atom. The van der Waals surface area contributed by atoms with Crippen LogP contribution in [0, 0.1) is 6.92 Å². The third-order valence-electron chi connectivity index (χ3n) is 6.75. The van der Waals surface area contributed by atoms with Gasteiger partial charge in [-0.2, -0.15) is 0 Å². The molecule has 3 aromatic rings. The second kappa shape index (κ2) is 13.6. The monoisotopic (exact) mass is 563 g/mol. The zero-order valence-electron chi connectivity index (χ0n) is 24.3. The molecule has 1 unspecified atom stereocenters. The number of amides is 2. The molecule has 3 aromatic carbocycles. The first-order valence-electron chi connectivity index (χ1n) is 13.8. The van der Waals surface area contributed by atoms with Gasteiger partial charge in [-0.15, -0.1) is 0 Å². The molecule has 0 aromatic heterocycles. The second-order valence-corrected chi connectivity index (χ2v) is 12.5. The fourth-order valence-electron chi connectivity index (χ4n) is 4.47. The molecule has 3 rings (SSSR count). The number of rotatable bonds is 12. The van der Waals surface area contributed by atoms with Crippen LogP contribution in [0.2, 0.25) is 0 Å². The average molecular weight is 564 g/mol. The Bertz CT molecular complexity index is 1370. The summed E-state index contributed by atoms with van der Waals surface area (Å²) in [7, 11) is -4.09. The Hall–Kier alpha value is -3.65. The summed E-state index contributed by atoms with van der Waals surface area (Å²) in [6.07, 6.45) is 0.380. The number of hydrogen-bond donors (Lipinski definition) is 1. The zero-order chi connectivity index (χ0) is 29.4. The molecule has 7 nitrogen and oxygen atoms in total. The van der Waals surface area contributed by atoms with Crippen molar-refractivity contribution in [2.45, 2.75) is 77.4 Å². The lowest BCUT2D eigenvalue weighted by molar-refractivity contribution is -0.140. The smallest absolute Gasteiger partial charge is 0.264 e. The van der Waals surface area contributed by atoms with Crippen molar-refractivity contribution in [1.29, 1.82) is 0 Å². The number of hydrogen-bond acceptors (Lipinski definition) is 4. The van der Waals surface area contributed by atoms with Crippen molar-refractivity contribution in [3.05, 3.63) is 95.6 Å². The van der Waals surface area contributed by atoms with Gasteiger partial charge >= 0.3 is 0 Å². The van der Waals surface area contributed by atoms with Crippen LogP contribution in [0.5, 0.6) is 0 Å². The molecule has 0 aliphatic rings. The summed E-state index contributed by atoms with van der Waals surface area (Å²) in [6.45, 7) is 11.3. The molecule has 40 heavy (non-hydrogen) atoms. The first-order valence-corrected chi connectivity index (χ1v) is 15.2. The van der Waals surface area contributed by atoms with Gasteiger partial charge in [0, 0.05) is 12.6 Å². The topological polar surface area (TPSA) is 86.8 Å². The molecule has 0 bridgehead atoms. The van der Waals surface area contributed by atoms with Crippen LogP contribution in [-0.4, -0.2) is 43.8 Å². The molecule has 1 N–H and O–H groups in total. The Morgan fingerprint density at radius 2 is 1.45 bits per heavy atom. The largest absolute Gasteiger partial charge is 0.352 e. The molecule has 2 amide bonds. The third-order valence-corrected chi connectivity index (χ3v) is 8.54. The maximum absolute atomic E-state index is 14.1. The molecule has 0 aliphatic carbocycles. The number of anilines is 1. The number of nitrogens with one attached hydrogen (secondary N) is 1. The summed E-state index contributed by atoms with van der Waals surface area (Å²) < 4.78 is 29.1. The molecule has 214 valence electrons. The highest BCUT2D eigenvalue weighted by molar-refractivity contribution is 7.92. The molecule has 0 heterocycles. The van der Waals surface area contributed by atoms with E-state index in [0.29, 0.717) is 12.1 Å². The van der Waals surface area contributed by atoms with Crippen LogP contribution < -0.4 is 9.62 Å². The lowest BCUT2D eigenvalue weighted by Crippen LogP contribution is -2.53. The number of carbonyl (C=O) groups is 2. The van der Waals surface area contributed by atoms with E-state index in [0.717, 1.165) is 21.0 Å². The molecule has 0 fully saturated rings. The van der Waals surface area contributed by atoms with Crippen LogP contribution in [0.1, 0.15) is 63.6 Å². The van der Waals surface area contributed by atoms with Gasteiger partial charge in [0.2, 0.25) is 11.8 Å². The van der Waals surface area contributed by atoms with Crippen molar-refractivity contribution in [1.82, 2.24) is 10.2 Å². The van der Waals surface area contributed by atoms with Crippen molar-refractivity contribution in [2.24, 2.45) is 0 Å². The van der Waals surface area contributed by atoms with E-state index < -0.39 is 28.5 Å². The van der Waals surface area contributed by atoms with Crippen LogP contribution in [0.3, 0.4) is 0 Å². The third kappa shape index (κ3) is 7.72. The summed E-state index contributed by atoms with van der Waals surface area (Å²) in [5.74, 6) is -0.460. The van der Waals surface area contributed by atoms with Crippen LogP contribution in [0.4, 0.5) is 5.69 Å². The second-order valence-electron chi connectivity index (χ2n) is 10.7. The van der Waals surface area contributed by atoms with Crippen LogP contribution in [0.25, 0.3) is 0 Å². The van der Waals surface area contributed by atoms with Crippen LogP contribution in [0.15, 0.2) is 83.8 Å². The minimum Gasteiger partial charge on any atom is -0.352 e. The first-order chi connectivity index (χ1) is 18.9. The normalized spacial score (nSPS) is 12.3. The maximum atomic E-state index is 14.1. The predicted molar refractivity (Wildman–Crippen MR) is 161 cm³/mol. The van der Waals surface area contributed by atoms with E-state index in [4.69, 9.17) is 0 Å². The van der Waals surface area contributed by atoms with E-state index in [1.165, 1.54) is 4.90 Å². The van der Waals surface area contributed by atoms with E-state index in [1.54, 1.807) is 36.4 Å². The highest BCUT2D eigenvalue weighted by atomic mass is 32.2. The standard InChI is InChI=1S/C32H41N3O4S/c1-7-30(32(37)33-24(4)5)34(21-26-11-9-8-10-12-26)31(36)22-35(28-17-15-27(16-18-28)23(2)3)40(38,39)29-19-13-25(6)14-20-29/h8-20,23-24,30H,7,21-22H2,1-6H3,(H,33,37). The number of carbonyl (C=O) groups excluding carboxylic acids is 2. The molecular formula is C32H41N3O4S. The molecule has 0 aliphatic heterocycles. The molecule has 0 saturated carbocycles. The quantitative estimate of drug-likeness (QED) is 0.309. The Morgan fingerprint density at radius 3 is 1.98 bits per heavy atom. The number of benzene rings is 3. The van der Waals surface area contributed by atoms with Crippen molar-refractivity contribution in [2.75, 3.05) is 10.8 Å². The highest BCUT2D eigenvalue weighted by Crippen LogP contribution is 2.27. The van der Waals surface area contributed by atoms with E-state index in [2.05, 4.69) is 19.2 Å². The van der Waals surface area contributed by atoms with E-state index >= 15 is 0 Å². The molecule has 0 saturated heterocycles. The molecule has 1 atom stereocenters. The predicted octanol–water partition coefficient (Wildman–Crippen LogP) is 5.65. The lowest BCUT2D eigenvalue weighted by Gasteiger charge is -2.33. The van der Waals surface area contributed by atoms with Gasteiger partial charge in [-0.1, -0.05) is 80.9 Å². The van der Waals surface area contributed by atoms with Gasteiger partial charge in [0.1, 0.15) is 12.6 Å². The molecular weight excluding hydrogens is 522 g/mol. The molecule has 8 heteroatoms. The van der Waals surface area contributed by atoms with Gasteiger partial charge < -0.3 is 10.2 Å². The van der Waals surface area contributed by atoms with Gasteiger partial charge in [0.15, 0.2) is 0 Å². The minimum atomic E-state index is -4.09. The summed E-state index contributed by atoms with van der Waals surface area (Å²) >= 11 is 0. The Balaban J connectivity index is 2.06. The van der Waals surface area contributed by atoms with Gasteiger partial charge in [0.25, 0.3) is 10.0 Å². The number of sulfonamides is 1. The van der Waals surface area contributed by atoms with E-state index in [-0.39, 0.29) is 29.3 Å².